The average molecular weight is 513 g/mol. The molecule has 11 nitrogen and oxygen atoms in total. The molecule has 37 heavy (non-hydrogen) atoms. The van der Waals surface area contributed by atoms with E-state index in [9.17, 15) is 20.0 Å². The Hall–Kier alpha value is -3.34. The quantitative estimate of drug-likeness (QED) is 0.475. The van der Waals surface area contributed by atoms with Crippen LogP contribution in [0.15, 0.2) is 24.5 Å². The lowest BCUT2D eigenvalue weighted by Gasteiger charge is -2.49. The van der Waals surface area contributed by atoms with Crippen molar-refractivity contribution in [2.45, 2.75) is 44.6 Å². The van der Waals surface area contributed by atoms with Gasteiger partial charge < -0.3 is 24.5 Å². The fourth-order valence-electron chi connectivity index (χ4n) is 6.53. The van der Waals surface area contributed by atoms with Gasteiger partial charge in [-0.1, -0.05) is 0 Å². The van der Waals surface area contributed by atoms with Crippen molar-refractivity contribution in [2.24, 2.45) is 12.5 Å². The number of amides is 1. The molecule has 2 aromatic rings. The molecule has 4 heterocycles. The van der Waals surface area contributed by atoms with E-state index in [1.165, 1.54) is 7.11 Å². The minimum absolute atomic E-state index is 0.0496. The van der Waals surface area contributed by atoms with Gasteiger partial charge in [-0.2, -0.15) is 5.10 Å². The van der Waals surface area contributed by atoms with Crippen molar-refractivity contribution in [3.05, 3.63) is 34.6 Å². The third kappa shape index (κ3) is 5.09. The highest BCUT2D eigenvalue weighted by Gasteiger charge is 2.41. The van der Waals surface area contributed by atoms with Gasteiger partial charge in [0.2, 0.25) is 0 Å². The summed E-state index contributed by atoms with van der Waals surface area (Å²) in [7, 11) is 3.30. The molecular formula is C26H36N6O5. The Balaban J connectivity index is 1.27. The summed E-state index contributed by atoms with van der Waals surface area (Å²) in [6, 6.07) is 3.89. The minimum atomic E-state index is -0.789. The topological polar surface area (TPSA) is 117 Å². The molecule has 0 aliphatic carbocycles. The number of carbonyl (C=O) groups is 1. The fourth-order valence-corrected chi connectivity index (χ4v) is 6.53. The van der Waals surface area contributed by atoms with Gasteiger partial charge in [0.15, 0.2) is 5.75 Å². The molecular weight excluding hydrogens is 476 g/mol. The molecule has 0 atom stereocenters. The molecule has 5 rings (SSSR count). The molecule has 0 radical (unpaired) electrons. The van der Waals surface area contributed by atoms with Crippen LogP contribution in [0, 0.1) is 15.5 Å². The van der Waals surface area contributed by atoms with E-state index in [0.29, 0.717) is 19.1 Å². The molecule has 1 spiro atoms. The SMILES string of the molecule is COc1cc(N2CCC(N3CCC4(CCCN(C(=O)O)C4)CC3)CC2)c(-c2cnn(C)c2)cc1[N+](=O)[O-]. The molecule has 3 aliphatic heterocycles. The first-order valence-corrected chi connectivity index (χ1v) is 13.1. The summed E-state index contributed by atoms with van der Waals surface area (Å²) in [6.07, 6.45) is 9.06. The summed E-state index contributed by atoms with van der Waals surface area (Å²) < 4.78 is 7.09. The zero-order valence-corrected chi connectivity index (χ0v) is 21.6. The molecule has 1 aromatic heterocycles. The monoisotopic (exact) mass is 512 g/mol. The van der Waals surface area contributed by atoms with E-state index < -0.39 is 11.0 Å². The minimum Gasteiger partial charge on any atom is -0.490 e. The number of aryl methyl sites for hydroxylation is 1. The van der Waals surface area contributed by atoms with Crippen LogP contribution in [0.25, 0.3) is 11.1 Å². The smallest absolute Gasteiger partial charge is 0.407 e. The lowest BCUT2D eigenvalue weighted by Crippen LogP contribution is -2.54. The number of methoxy groups -OCH3 is 1. The highest BCUT2D eigenvalue weighted by atomic mass is 16.6. The second kappa shape index (κ2) is 10.2. The highest BCUT2D eigenvalue weighted by molar-refractivity contribution is 5.82. The molecule has 3 aliphatic rings. The van der Waals surface area contributed by atoms with E-state index in [1.54, 1.807) is 27.9 Å². The standard InChI is InChI=1S/C26H36N6O5/c1-28-17-19(16-27-28)21-14-23(32(35)36)24(37-2)15-22(21)30-10-4-20(5-11-30)29-12-7-26(8-13-29)6-3-9-31(18-26)25(33)34/h14-17,20H,3-13,18H2,1-2H3,(H,33,34). The number of carboxylic acid groups (broad SMARTS) is 1. The van der Waals surface area contributed by atoms with Crippen molar-refractivity contribution in [1.82, 2.24) is 19.6 Å². The van der Waals surface area contributed by atoms with Crippen molar-refractivity contribution in [3.8, 4) is 16.9 Å². The fraction of sp³-hybridized carbons (Fsp3) is 0.615. The van der Waals surface area contributed by atoms with Crippen LogP contribution in [-0.4, -0.2) is 88.1 Å². The van der Waals surface area contributed by atoms with E-state index in [1.807, 2.05) is 13.2 Å². The number of nitrogens with zero attached hydrogens (tertiary/aromatic N) is 6. The molecule has 0 unspecified atom stereocenters. The van der Waals surface area contributed by atoms with Gasteiger partial charge >= 0.3 is 11.8 Å². The third-order valence-electron chi connectivity index (χ3n) is 8.62. The molecule has 3 fully saturated rings. The number of ether oxygens (including phenoxy) is 1. The van der Waals surface area contributed by atoms with Crippen LogP contribution in [0.1, 0.15) is 38.5 Å². The Morgan fingerprint density at radius 2 is 1.89 bits per heavy atom. The first-order chi connectivity index (χ1) is 17.8. The molecule has 3 saturated heterocycles. The van der Waals surface area contributed by atoms with Gasteiger partial charge in [-0.05, 0) is 57.0 Å². The van der Waals surface area contributed by atoms with Gasteiger partial charge in [0, 0.05) is 74.4 Å². The predicted octanol–water partition coefficient (Wildman–Crippen LogP) is 3.83. The van der Waals surface area contributed by atoms with Crippen LogP contribution in [0.3, 0.4) is 0 Å². The molecule has 1 amide bonds. The molecule has 0 bridgehead atoms. The van der Waals surface area contributed by atoms with E-state index >= 15 is 0 Å². The van der Waals surface area contributed by atoms with Gasteiger partial charge in [0.1, 0.15) is 0 Å². The Bertz CT molecular complexity index is 1150. The number of piperidine rings is 3. The number of nitro groups is 1. The van der Waals surface area contributed by atoms with Crippen LogP contribution in [0.5, 0.6) is 5.75 Å². The van der Waals surface area contributed by atoms with Gasteiger partial charge in [-0.15, -0.1) is 0 Å². The summed E-state index contributed by atoms with van der Waals surface area (Å²) >= 11 is 0. The number of benzene rings is 1. The predicted molar refractivity (Wildman–Crippen MR) is 139 cm³/mol. The molecule has 1 N–H and O–H groups in total. The van der Waals surface area contributed by atoms with Gasteiger partial charge in [0.05, 0.1) is 18.2 Å². The summed E-state index contributed by atoms with van der Waals surface area (Å²) in [4.78, 5) is 29.3. The van der Waals surface area contributed by atoms with E-state index in [2.05, 4.69) is 14.9 Å². The van der Waals surface area contributed by atoms with Crippen molar-refractivity contribution in [1.29, 1.82) is 0 Å². The number of rotatable bonds is 5. The average Bonchev–Trinajstić information content (AvgIpc) is 3.34. The third-order valence-corrected chi connectivity index (χ3v) is 8.62. The second-order valence-electron chi connectivity index (χ2n) is 10.8. The number of aromatic nitrogens is 2. The Kier molecular flexibility index (Phi) is 6.98. The van der Waals surface area contributed by atoms with Crippen molar-refractivity contribution >= 4 is 17.5 Å². The summed E-state index contributed by atoms with van der Waals surface area (Å²) in [5.74, 6) is 0.263. The maximum Gasteiger partial charge on any atom is 0.407 e. The van der Waals surface area contributed by atoms with Crippen LogP contribution < -0.4 is 9.64 Å². The normalized spacial score (nSPS) is 20.8. The number of nitro benzene ring substituents is 1. The molecule has 200 valence electrons. The van der Waals surface area contributed by atoms with Crippen LogP contribution in [0.2, 0.25) is 0 Å². The summed E-state index contributed by atoms with van der Waals surface area (Å²) in [5.41, 5.74) is 2.66. The van der Waals surface area contributed by atoms with Crippen LogP contribution in [0.4, 0.5) is 16.2 Å². The number of anilines is 1. The maximum atomic E-state index is 11.7. The van der Waals surface area contributed by atoms with Gasteiger partial charge in [-0.25, -0.2) is 4.79 Å². The lowest BCUT2D eigenvalue weighted by molar-refractivity contribution is -0.385. The second-order valence-corrected chi connectivity index (χ2v) is 10.8. The van der Waals surface area contributed by atoms with Crippen molar-refractivity contribution < 1.29 is 19.6 Å². The van der Waals surface area contributed by atoms with E-state index in [0.717, 1.165) is 81.5 Å². The number of likely N-dealkylation sites (tertiary alicyclic amines) is 2. The highest BCUT2D eigenvalue weighted by Crippen LogP contribution is 2.43. The van der Waals surface area contributed by atoms with Crippen LogP contribution in [-0.2, 0) is 7.05 Å². The largest absolute Gasteiger partial charge is 0.490 e. The Morgan fingerprint density at radius 3 is 2.49 bits per heavy atom. The summed E-state index contributed by atoms with van der Waals surface area (Å²) in [6.45, 7) is 5.08. The van der Waals surface area contributed by atoms with Crippen molar-refractivity contribution in [2.75, 3.05) is 51.3 Å². The van der Waals surface area contributed by atoms with Gasteiger partial charge in [-0.3, -0.25) is 14.8 Å². The Morgan fingerprint density at radius 1 is 1.16 bits per heavy atom. The lowest BCUT2D eigenvalue weighted by atomic mass is 9.72. The number of hydrogen-bond donors (Lipinski definition) is 1. The molecule has 0 saturated carbocycles. The zero-order chi connectivity index (χ0) is 26.2. The first-order valence-electron chi connectivity index (χ1n) is 13.1. The number of hydrogen-bond acceptors (Lipinski definition) is 7. The summed E-state index contributed by atoms with van der Waals surface area (Å²) in [5, 5.41) is 25.4. The van der Waals surface area contributed by atoms with E-state index in [4.69, 9.17) is 4.74 Å². The Labute approximate surface area is 216 Å². The first kappa shape index (κ1) is 25.3. The van der Waals surface area contributed by atoms with Crippen LogP contribution >= 0.6 is 0 Å². The van der Waals surface area contributed by atoms with E-state index in [-0.39, 0.29) is 16.9 Å². The maximum absolute atomic E-state index is 11.7. The van der Waals surface area contributed by atoms with Gasteiger partial charge in [0.25, 0.3) is 0 Å². The molecule has 1 aromatic carbocycles. The molecule has 11 heteroatoms. The van der Waals surface area contributed by atoms with Crippen molar-refractivity contribution in [3.63, 3.8) is 0 Å². The zero-order valence-electron chi connectivity index (χ0n) is 21.6.